The molecule has 1 amide bonds. The Morgan fingerprint density at radius 3 is 2.55 bits per heavy atom. The number of aromatic amines is 1. The minimum Gasteiger partial charge on any atom is -0.364 e. The Labute approximate surface area is 113 Å². The molecule has 0 aliphatic heterocycles. The Hall–Kier alpha value is -3.09. The Morgan fingerprint density at radius 1 is 1.05 bits per heavy atom. The van der Waals surface area contributed by atoms with Crippen molar-refractivity contribution in [2.75, 3.05) is 0 Å². The van der Waals surface area contributed by atoms with Gasteiger partial charge < -0.3 is 5.73 Å². The second kappa shape index (κ2) is 4.88. The summed E-state index contributed by atoms with van der Waals surface area (Å²) in [6, 6.07) is 9.11. The number of nitrogens with zero attached hydrogens (tertiary/aromatic N) is 4. The van der Waals surface area contributed by atoms with Gasteiger partial charge in [0.25, 0.3) is 5.91 Å². The number of H-pyrrole nitrogens is 1. The number of hydrogen-bond donors (Lipinski definition) is 2. The van der Waals surface area contributed by atoms with E-state index in [4.69, 9.17) is 5.73 Å². The summed E-state index contributed by atoms with van der Waals surface area (Å²) in [6.07, 6.45) is 3.33. The van der Waals surface area contributed by atoms with E-state index >= 15 is 0 Å². The average molecular weight is 266 g/mol. The van der Waals surface area contributed by atoms with Crippen LogP contribution < -0.4 is 5.73 Å². The van der Waals surface area contributed by atoms with Crippen LogP contribution in [0.1, 0.15) is 10.5 Å². The minimum atomic E-state index is -0.630. The van der Waals surface area contributed by atoms with Gasteiger partial charge in [0.1, 0.15) is 5.69 Å². The maximum absolute atomic E-state index is 11.3. The van der Waals surface area contributed by atoms with Gasteiger partial charge in [-0.3, -0.25) is 4.79 Å². The first-order valence-corrected chi connectivity index (χ1v) is 5.84. The number of hydrogen-bond acceptors (Lipinski definition) is 5. The van der Waals surface area contributed by atoms with Gasteiger partial charge in [-0.1, -0.05) is 18.2 Å². The zero-order chi connectivity index (χ0) is 13.9. The molecule has 2 heterocycles. The van der Waals surface area contributed by atoms with Crippen molar-refractivity contribution in [2.45, 2.75) is 0 Å². The summed E-state index contributed by atoms with van der Waals surface area (Å²) >= 11 is 0. The summed E-state index contributed by atoms with van der Waals surface area (Å²) in [7, 11) is 0. The van der Waals surface area contributed by atoms with Crippen molar-refractivity contribution in [3.05, 3.63) is 48.4 Å². The molecular formula is C13H10N6O. The summed E-state index contributed by atoms with van der Waals surface area (Å²) < 4.78 is 0. The number of benzene rings is 1. The molecular weight excluding hydrogens is 256 g/mol. The first-order chi connectivity index (χ1) is 9.75. The number of rotatable bonds is 3. The quantitative estimate of drug-likeness (QED) is 0.735. The lowest BCUT2D eigenvalue weighted by Crippen LogP contribution is -2.12. The highest BCUT2D eigenvalue weighted by Gasteiger charge is 2.15. The van der Waals surface area contributed by atoms with E-state index in [1.807, 2.05) is 24.3 Å². The number of carbonyl (C=O) groups is 1. The molecule has 2 aromatic heterocycles. The molecule has 0 spiro atoms. The Bertz CT molecular complexity index is 752. The second-order valence-corrected chi connectivity index (χ2v) is 4.04. The van der Waals surface area contributed by atoms with Crippen LogP contribution in [0, 0.1) is 0 Å². The molecule has 3 rings (SSSR count). The monoisotopic (exact) mass is 266 g/mol. The Balaban J connectivity index is 2.08. The lowest BCUT2D eigenvalue weighted by Gasteiger charge is -2.02. The molecule has 3 N–H and O–H groups in total. The van der Waals surface area contributed by atoms with E-state index in [1.54, 1.807) is 18.5 Å². The highest BCUT2D eigenvalue weighted by Crippen LogP contribution is 2.24. The smallest absolute Gasteiger partial charge is 0.271 e. The average Bonchev–Trinajstić information content (AvgIpc) is 2.98. The van der Waals surface area contributed by atoms with Gasteiger partial charge in [-0.25, -0.2) is 9.97 Å². The first-order valence-electron chi connectivity index (χ1n) is 5.84. The van der Waals surface area contributed by atoms with Gasteiger partial charge in [-0.2, -0.15) is 15.4 Å². The number of aromatic nitrogens is 5. The molecule has 0 atom stereocenters. The fraction of sp³-hybridized carbons (Fsp3) is 0. The Kier molecular flexibility index (Phi) is 2.92. The van der Waals surface area contributed by atoms with Crippen molar-refractivity contribution in [2.24, 2.45) is 5.73 Å². The summed E-state index contributed by atoms with van der Waals surface area (Å²) in [4.78, 5) is 19.7. The van der Waals surface area contributed by atoms with Gasteiger partial charge in [-0.15, -0.1) is 0 Å². The number of amides is 1. The van der Waals surface area contributed by atoms with Gasteiger partial charge in [0.2, 0.25) is 0 Å². The Morgan fingerprint density at radius 2 is 1.80 bits per heavy atom. The lowest BCUT2D eigenvalue weighted by atomic mass is 10.1. The van der Waals surface area contributed by atoms with Crippen LogP contribution in [-0.4, -0.2) is 31.3 Å². The molecule has 0 bridgehead atoms. The van der Waals surface area contributed by atoms with Crippen molar-refractivity contribution in [3.63, 3.8) is 0 Å². The minimum absolute atomic E-state index is 0.108. The number of nitrogens with one attached hydrogen (secondary N) is 1. The molecule has 20 heavy (non-hydrogen) atoms. The molecule has 7 heteroatoms. The SMILES string of the molecule is NC(=O)c1n[nH]nc1-c1cccc(-c2ncccn2)c1. The van der Waals surface area contributed by atoms with Crippen molar-refractivity contribution in [1.82, 2.24) is 25.4 Å². The van der Waals surface area contributed by atoms with Crippen LogP contribution in [0.25, 0.3) is 22.6 Å². The van der Waals surface area contributed by atoms with Crippen molar-refractivity contribution >= 4 is 5.91 Å². The van der Waals surface area contributed by atoms with E-state index in [2.05, 4.69) is 25.4 Å². The third-order valence-electron chi connectivity index (χ3n) is 2.74. The van der Waals surface area contributed by atoms with Gasteiger partial charge in [0.15, 0.2) is 11.5 Å². The fourth-order valence-corrected chi connectivity index (χ4v) is 1.86. The normalized spacial score (nSPS) is 10.4. The van der Waals surface area contributed by atoms with E-state index in [-0.39, 0.29) is 5.69 Å². The topological polar surface area (TPSA) is 110 Å². The van der Waals surface area contributed by atoms with Gasteiger partial charge >= 0.3 is 0 Å². The molecule has 98 valence electrons. The maximum atomic E-state index is 11.3. The van der Waals surface area contributed by atoms with Crippen molar-refractivity contribution in [1.29, 1.82) is 0 Å². The van der Waals surface area contributed by atoms with Crippen LogP contribution in [-0.2, 0) is 0 Å². The van der Waals surface area contributed by atoms with Crippen LogP contribution in [0.4, 0.5) is 0 Å². The van der Waals surface area contributed by atoms with Crippen molar-refractivity contribution in [3.8, 4) is 22.6 Å². The molecule has 7 nitrogen and oxygen atoms in total. The third-order valence-corrected chi connectivity index (χ3v) is 2.74. The molecule has 3 aromatic rings. The van der Waals surface area contributed by atoms with Crippen LogP contribution in [0.3, 0.4) is 0 Å². The van der Waals surface area contributed by atoms with Crippen LogP contribution in [0.15, 0.2) is 42.7 Å². The van der Waals surface area contributed by atoms with E-state index < -0.39 is 5.91 Å². The summed E-state index contributed by atoms with van der Waals surface area (Å²) in [5.41, 5.74) is 7.32. The largest absolute Gasteiger partial charge is 0.364 e. The number of carbonyl (C=O) groups excluding carboxylic acids is 1. The van der Waals surface area contributed by atoms with Crippen LogP contribution in [0.5, 0.6) is 0 Å². The van der Waals surface area contributed by atoms with Crippen molar-refractivity contribution < 1.29 is 4.79 Å². The third kappa shape index (κ3) is 2.12. The second-order valence-electron chi connectivity index (χ2n) is 4.04. The van der Waals surface area contributed by atoms with E-state index in [9.17, 15) is 4.79 Å². The predicted molar refractivity (Wildman–Crippen MR) is 71.4 cm³/mol. The predicted octanol–water partition coefficient (Wildman–Crippen LogP) is 1.03. The maximum Gasteiger partial charge on any atom is 0.271 e. The fourth-order valence-electron chi connectivity index (χ4n) is 1.86. The van der Waals surface area contributed by atoms with E-state index in [0.717, 1.165) is 11.1 Å². The highest BCUT2D eigenvalue weighted by atomic mass is 16.1. The molecule has 0 saturated carbocycles. The standard InChI is InChI=1S/C13H10N6O/c14-12(20)11-10(17-19-18-11)8-3-1-4-9(7-8)13-15-5-2-6-16-13/h1-7H,(H2,14,20)(H,17,18,19). The van der Waals surface area contributed by atoms with E-state index in [1.165, 1.54) is 0 Å². The zero-order valence-corrected chi connectivity index (χ0v) is 10.3. The first kappa shape index (κ1) is 12.0. The van der Waals surface area contributed by atoms with Gasteiger partial charge in [-0.05, 0) is 12.1 Å². The molecule has 0 saturated heterocycles. The van der Waals surface area contributed by atoms with Crippen LogP contribution in [0.2, 0.25) is 0 Å². The summed E-state index contributed by atoms with van der Waals surface area (Å²) in [5.74, 6) is -0.0337. The van der Waals surface area contributed by atoms with Gasteiger partial charge in [0, 0.05) is 23.5 Å². The highest BCUT2D eigenvalue weighted by molar-refractivity contribution is 5.96. The van der Waals surface area contributed by atoms with Crippen LogP contribution >= 0.6 is 0 Å². The summed E-state index contributed by atoms with van der Waals surface area (Å²) in [5, 5.41) is 10.1. The zero-order valence-electron chi connectivity index (χ0n) is 10.3. The number of primary amides is 1. The molecule has 0 aliphatic carbocycles. The molecule has 0 fully saturated rings. The molecule has 0 unspecified atom stereocenters. The molecule has 1 aromatic carbocycles. The van der Waals surface area contributed by atoms with Gasteiger partial charge in [0.05, 0.1) is 0 Å². The summed E-state index contributed by atoms with van der Waals surface area (Å²) in [6.45, 7) is 0. The number of nitrogens with two attached hydrogens (primary N) is 1. The molecule has 0 radical (unpaired) electrons. The molecule has 0 aliphatic rings. The van der Waals surface area contributed by atoms with E-state index in [0.29, 0.717) is 11.5 Å². The lowest BCUT2D eigenvalue weighted by molar-refractivity contribution is 0.0996.